The van der Waals surface area contributed by atoms with Crippen molar-refractivity contribution in [2.24, 2.45) is 5.18 Å². The zero-order valence-corrected chi connectivity index (χ0v) is 19.6. The van der Waals surface area contributed by atoms with Gasteiger partial charge in [-0.2, -0.15) is 0 Å². The monoisotopic (exact) mass is 515 g/mol. The number of anilines is 1. The molecule has 1 aliphatic rings. The fraction of sp³-hybridized carbons (Fsp3) is 0.111. The highest BCUT2D eigenvalue weighted by Crippen LogP contribution is 2.41. The molecule has 1 amide bonds. The van der Waals surface area contributed by atoms with E-state index < -0.39 is 17.6 Å². The van der Waals surface area contributed by atoms with E-state index in [1.165, 1.54) is 34.9 Å². The van der Waals surface area contributed by atoms with Gasteiger partial charge in [0.15, 0.2) is 23.7 Å². The van der Waals surface area contributed by atoms with Gasteiger partial charge in [-0.3, -0.25) is 9.59 Å². The number of para-hydroxylation sites is 1. The minimum absolute atomic E-state index is 0.00768. The van der Waals surface area contributed by atoms with Crippen molar-refractivity contribution in [3.8, 4) is 11.6 Å². The summed E-state index contributed by atoms with van der Waals surface area (Å²) in [6.45, 7) is 0.0991. The average molecular weight is 515 g/mol. The van der Waals surface area contributed by atoms with Gasteiger partial charge in [-0.05, 0) is 47.6 Å². The molecule has 0 fully saturated rings. The van der Waals surface area contributed by atoms with Gasteiger partial charge in [0, 0.05) is 28.3 Å². The Morgan fingerprint density at radius 1 is 1.11 bits per heavy atom. The van der Waals surface area contributed by atoms with Gasteiger partial charge in [-0.1, -0.05) is 12.1 Å². The predicted octanol–water partition coefficient (Wildman–Crippen LogP) is 5.16. The first kappa shape index (κ1) is 23.4. The largest absolute Gasteiger partial charge is 0.493 e. The summed E-state index contributed by atoms with van der Waals surface area (Å²) in [5, 5.41) is 17.1. The number of aromatic hydroxyl groups is 1. The molecule has 0 bridgehead atoms. The van der Waals surface area contributed by atoms with E-state index in [1.807, 2.05) is 0 Å². The maximum atomic E-state index is 14.3. The van der Waals surface area contributed by atoms with Gasteiger partial charge < -0.3 is 28.9 Å². The van der Waals surface area contributed by atoms with Crippen molar-refractivity contribution in [1.82, 2.24) is 4.57 Å². The van der Waals surface area contributed by atoms with Crippen LogP contribution >= 0.6 is 0 Å². The van der Waals surface area contributed by atoms with E-state index in [0.29, 0.717) is 38.9 Å². The van der Waals surface area contributed by atoms with Gasteiger partial charge in [0.25, 0.3) is 5.91 Å². The van der Waals surface area contributed by atoms with Gasteiger partial charge in [0.2, 0.25) is 5.88 Å². The number of fused-ring (bicyclic) bond motifs is 3. The van der Waals surface area contributed by atoms with Crippen molar-refractivity contribution in [3.63, 3.8) is 0 Å². The van der Waals surface area contributed by atoms with E-state index in [-0.39, 0.29) is 42.4 Å². The zero-order chi connectivity index (χ0) is 26.4. The molecule has 10 nitrogen and oxygen atoms in total. The third-order valence-corrected chi connectivity index (χ3v) is 6.30. The van der Waals surface area contributed by atoms with Crippen LogP contribution in [-0.4, -0.2) is 22.4 Å². The zero-order valence-electron chi connectivity index (χ0n) is 19.6. The van der Waals surface area contributed by atoms with Crippen molar-refractivity contribution < 1.29 is 28.2 Å². The summed E-state index contributed by atoms with van der Waals surface area (Å²) in [6, 6.07) is 14.8. The van der Waals surface area contributed by atoms with E-state index >= 15 is 0 Å². The van der Waals surface area contributed by atoms with Crippen LogP contribution in [0.2, 0.25) is 0 Å². The molecule has 0 saturated carbocycles. The topological polar surface area (TPSA) is 132 Å². The molecule has 0 aliphatic carbocycles. The van der Waals surface area contributed by atoms with Crippen LogP contribution in [0.1, 0.15) is 21.7 Å². The highest BCUT2D eigenvalue weighted by Gasteiger charge is 2.23. The van der Waals surface area contributed by atoms with Crippen LogP contribution in [0.3, 0.4) is 0 Å². The number of ether oxygens (including phenoxy) is 2. The SMILES string of the molecule is O=Nc1c(O)n(Cc2cc(F)cc3c2OCOC3)c2cc(NC(=O)c3cc(=O)c4ccccc4o3)ccc12. The maximum Gasteiger partial charge on any atom is 0.291 e. The standard InChI is InChI=1S/C27H18FN3O7/c28-16-7-14(25-15(8-16)12-36-13-37-25)11-31-20-9-17(5-6-18(20)24(30-35)27(31)34)29-26(33)23-10-21(32)19-3-1-2-4-22(19)38-23/h1-10,34H,11-13H2,(H,29,33). The Hall–Kier alpha value is -5.03. The number of amides is 1. The molecule has 0 unspecified atom stereocenters. The lowest BCUT2D eigenvalue weighted by Crippen LogP contribution is -2.15. The average Bonchev–Trinajstić information content (AvgIpc) is 3.18. The van der Waals surface area contributed by atoms with Gasteiger partial charge >= 0.3 is 0 Å². The second-order valence-corrected chi connectivity index (χ2v) is 8.67. The van der Waals surface area contributed by atoms with E-state index in [2.05, 4.69) is 10.5 Å². The molecule has 2 aromatic heterocycles. The molecule has 0 spiro atoms. The van der Waals surface area contributed by atoms with Gasteiger partial charge in [0.05, 0.1) is 24.1 Å². The van der Waals surface area contributed by atoms with Crippen molar-refractivity contribution in [1.29, 1.82) is 0 Å². The molecular formula is C27H18FN3O7. The number of hydrogen-bond donors (Lipinski definition) is 2. The van der Waals surface area contributed by atoms with Crippen LogP contribution in [0, 0.1) is 10.7 Å². The van der Waals surface area contributed by atoms with Crippen LogP contribution in [-0.2, 0) is 17.9 Å². The minimum atomic E-state index is -0.670. The lowest BCUT2D eigenvalue weighted by molar-refractivity contribution is -0.0173. The van der Waals surface area contributed by atoms with Crippen LogP contribution in [0.4, 0.5) is 15.8 Å². The lowest BCUT2D eigenvalue weighted by Gasteiger charge is -2.21. The molecule has 11 heteroatoms. The number of halogens is 1. The van der Waals surface area contributed by atoms with Gasteiger partial charge in [-0.15, -0.1) is 4.91 Å². The number of rotatable bonds is 5. The summed E-state index contributed by atoms with van der Waals surface area (Å²) >= 11 is 0. The molecule has 0 saturated heterocycles. The third-order valence-electron chi connectivity index (χ3n) is 6.30. The summed E-state index contributed by atoms with van der Waals surface area (Å²) in [4.78, 5) is 36.8. The van der Waals surface area contributed by atoms with E-state index in [9.17, 15) is 24.0 Å². The quantitative estimate of drug-likeness (QED) is 0.309. The third kappa shape index (κ3) is 3.95. The van der Waals surface area contributed by atoms with Crippen molar-refractivity contribution in [2.45, 2.75) is 13.2 Å². The Labute approximate surface area is 212 Å². The van der Waals surface area contributed by atoms with E-state index in [4.69, 9.17) is 13.9 Å². The molecule has 38 heavy (non-hydrogen) atoms. The fourth-order valence-corrected chi connectivity index (χ4v) is 4.60. The number of hydrogen-bond acceptors (Lipinski definition) is 8. The Morgan fingerprint density at radius 2 is 1.95 bits per heavy atom. The highest BCUT2D eigenvalue weighted by atomic mass is 19.1. The molecular weight excluding hydrogens is 497 g/mol. The van der Waals surface area contributed by atoms with E-state index in [1.54, 1.807) is 24.3 Å². The first-order chi connectivity index (χ1) is 18.4. The molecule has 0 radical (unpaired) electrons. The first-order valence-corrected chi connectivity index (χ1v) is 11.5. The maximum absolute atomic E-state index is 14.3. The molecule has 190 valence electrons. The summed E-state index contributed by atoms with van der Waals surface area (Å²) < 4.78 is 32.1. The van der Waals surface area contributed by atoms with Crippen LogP contribution in [0.15, 0.2) is 75.1 Å². The van der Waals surface area contributed by atoms with Gasteiger partial charge in [0.1, 0.15) is 17.1 Å². The molecule has 3 aromatic carbocycles. The lowest BCUT2D eigenvalue weighted by atomic mass is 10.1. The Kier molecular flexibility index (Phi) is 5.61. The first-order valence-electron chi connectivity index (χ1n) is 11.5. The number of carbonyl (C=O) groups excluding carboxylic acids is 1. The Bertz CT molecular complexity index is 1830. The summed E-state index contributed by atoms with van der Waals surface area (Å²) in [6.07, 6.45) is 0. The number of benzene rings is 3. The van der Waals surface area contributed by atoms with Gasteiger partial charge in [-0.25, -0.2) is 4.39 Å². The Morgan fingerprint density at radius 3 is 2.79 bits per heavy atom. The minimum Gasteiger partial charge on any atom is -0.493 e. The molecule has 5 aromatic rings. The van der Waals surface area contributed by atoms with Crippen molar-refractivity contribution >= 4 is 39.2 Å². The molecule has 2 N–H and O–H groups in total. The molecule has 6 rings (SSSR count). The smallest absolute Gasteiger partial charge is 0.291 e. The number of nitrogens with one attached hydrogen (secondary N) is 1. The van der Waals surface area contributed by atoms with Crippen LogP contribution in [0.25, 0.3) is 21.9 Å². The van der Waals surface area contributed by atoms with Crippen molar-refractivity contribution in [2.75, 3.05) is 12.1 Å². The van der Waals surface area contributed by atoms with E-state index in [0.717, 1.165) is 6.07 Å². The summed E-state index contributed by atoms with van der Waals surface area (Å²) in [5.74, 6) is -1.37. The Balaban J connectivity index is 1.39. The second-order valence-electron chi connectivity index (χ2n) is 8.67. The molecule has 0 atom stereocenters. The normalized spacial score (nSPS) is 12.8. The number of nitroso groups, excluding NO2 is 1. The summed E-state index contributed by atoms with van der Waals surface area (Å²) in [5.41, 5.74) is 1.28. The number of aromatic nitrogens is 1. The number of carbonyl (C=O) groups is 1. The van der Waals surface area contributed by atoms with Crippen LogP contribution < -0.4 is 15.5 Å². The number of nitrogens with zero attached hydrogens (tertiary/aromatic N) is 2. The molecule has 3 heterocycles. The molecule has 1 aliphatic heterocycles. The van der Waals surface area contributed by atoms with Crippen molar-refractivity contribution in [3.05, 3.63) is 98.5 Å². The second kappa shape index (κ2) is 9.12. The summed E-state index contributed by atoms with van der Waals surface area (Å²) in [7, 11) is 0. The van der Waals surface area contributed by atoms with Crippen LogP contribution in [0.5, 0.6) is 11.6 Å². The fourth-order valence-electron chi connectivity index (χ4n) is 4.60. The predicted molar refractivity (Wildman–Crippen MR) is 135 cm³/mol. The highest BCUT2D eigenvalue weighted by molar-refractivity contribution is 6.05.